The summed E-state index contributed by atoms with van der Waals surface area (Å²) >= 11 is 1.83. The van der Waals surface area contributed by atoms with Gasteiger partial charge in [-0.1, -0.05) is 0 Å². The Bertz CT molecular complexity index is 491. The fraction of sp³-hybridized carbons (Fsp3) is 0.462. The first-order valence-electron chi connectivity index (χ1n) is 6.33. The molecule has 3 heterocycles. The Morgan fingerprint density at radius 2 is 2.50 bits per heavy atom. The number of hydrogen-bond donors (Lipinski definition) is 1. The van der Waals surface area contributed by atoms with E-state index >= 15 is 0 Å². The van der Waals surface area contributed by atoms with E-state index in [0.717, 1.165) is 26.2 Å². The monoisotopic (exact) mass is 262 g/mol. The van der Waals surface area contributed by atoms with Crippen LogP contribution in [-0.4, -0.2) is 40.1 Å². The smallest absolute Gasteiger partial charge is 0.0991 e. The van der Waals surface area contributed by atoms with Gasteiger partial charge in [-0.3, -0.25) is 4.90 Å². The van der Waals surface area contributed by atoms with Gasteiger partial charge in [0.25, 0.3) is 0 Å². The molecule has 0 aliphatic carbocycles. The molecule has 0 amide bonds. The third kappa shape index (κ3) is 2.48. The zero-order valence-corrected chi connectivity index (χ0v) is 11.4. The molecule has 1 aliphatic rings. The number of piperazine rings is 1. The van der Waals surface area contributed by atoms with Gasteiger partial charge in [-0.25, -0.2) is 4.98 Å². The van der Waals surface area contributed by atoms with E-state index < -0.39 is 0 Å². The summed E-state index contributed by atoms with van der Waals surface area (Å²) < 4.78 is 2.06. The summed E-state index contributed by atoms with van der Waals surface area (Å²) in [7, 11) is 0. The summed E-state index contributed by atoms with van der Waals surface area (Å²) in [5, 5.41) is 5.63. The molecule has 1 aliphatic heterocycles. The minimum absolute atomic E-state index is 0.623. The molecular formula is C13H18N4S. The van der Waals surface area contributed by atoms with Crippen LogP contribution in [0, 0.1) is 0 Å². The topological polar surface area (TPSA) is 33.1 Å². The van der Waals surface area contributed by atoms with Crippen molar-refractivity contribution in [2.24, 2.45) is 0 Å². The number of rotatable bonds is 3. The summed E-state index contributed by atoms with van der Waals surface area (Å²) in [6.07, 6.45) is 5.65. The fourth-order valence-electron chi connectivity index (χ4n) is 2.32. The molecule has 18 heavy (non-hydrogen) atoms. The van der Waals surface area contributed by atoms with Crippen molar-refractivity contribution in [1.29, 1.82) is 0 Å². The lowest BCUT2D eigenvalue weighted by molar-refractivity contribution is 0.167. The molecule has 3 rings (SSSR count). The third-order valence-corrected chi connectivity index (χ3v) is 4.35. The second-order valence-electron chi connectivity index (χ2n) is 4.76. The molecule has 0 bridgehead atoms. The molecule has 0 saturated carbocycles. The molecule has 1 N–H and O–H groups in total. The molecule has 1 saturated heterocycles. The lowest BCUT2D eigenvalue weighted by Gasteiger charge is -2.33. The van der Waals surface area contributed by atoms with Gasteiger partial charge in [0.15, 0.2) is 0 Å². The van der Waals surface area contributed by atoms with Crippen LogP contribution in [0.3, 0.4) is 0 Å². The molecule has 0 aromatic carbocycles. The molecule has 4 nitrogen and oxygen atoms in total. The van der Waals surface area contributed by atoms with Crippen molar-refractivity contribution >= 4 is 11.3 Å². The van der Waals surface area contributed by atoms with Crippen LogP contribution >= 0.6 is 11.3 Å². The Kier molecular flexibility index (Phi) is 3.45. The maximum absolute atomic E-state index is 4.08. The van der Waals surface area contributed by atoms with Gasteiger partial charge in [0, 0.05) is 54.9 Å². The van der Waals surface area contributed by atoms with Crippen molar-refractivity contribution < 1.29 is 0 Å². The van der Waals surface area contributed by atoms with Crippen LogP contribution in [-0.2, 0) is 6.54 Å². The number of aromatic nitrogens is 2. The van der Waals surface area contributed by atoms with Gasteiger partial charge < -0.3 is 9.88 Å². The molecule has 96 valence electrons. The Hall–Kier alpha value is -1.17. The molecule has 0 spiro atoms. The Morgan fingerprint density at radius 3 is 3.28 bits per heavy atom. The van der Waals surface area contributed by atoms with Crippen LogP contribution in [0.5, 0.6) is 0 Å². The maximum Gasteiger partial charge on any atom is 0.0991 e. The minimum Gasteiger partial charge on any atom is -0.314 e. The van der Waals surface area contributed by atoms with Crippen LogP contribution in [0.15, 0.2) is 30.2 Å². The van der Waals surface area contributed by atoms with Crippen molar-refractivity contribution in [1.82, 2.24) is 19.8 Å². The summed E-state index contributed by atoms with van der Waals surface area (Å²) in [5.41, 5.74) is 1.22. The van der Waals surface area contributed by atoms with Crippen LogP contribution < -0.4 is 5.32 Å². The molecule has 1 atom stereocenters. The van der Waals surface area contributed by atoms with Crippen molar-refractivity contribution in [2.45, 2.75) is 19.5 Å². The highest BCUT2D eigenvalue weighted by molar-refractivity contribution is 7.10. The number of thiophene rings is 1. The van der Waals surface area contributed by atoms with Gasteiger partial charge in [0.05, 0.1) is 12.0 Å². The standard InChI is InChI=1S/C13H18N4S/c1-11-7-14-2-4-16(11)8-13-6-12(9-18-13)17-5-3-15-10-17/h3,5-6,9-11,14H,2,4,7-8H2,1H3/t11-/m1/s1. The number of imidazole rings is 1. The fourth-order valence-corrected chi connectivity index (χ4v) is 3.21. The number of hydrogen-bond acceptors (Lipinski definition) is 4. The van der Waals surface area contributed by atoms with E-state index in [2.05, 4.69) is 38.1 Å². The lowest BCUT2D eigenvalue weighted by Crippen LogP contribution is -2.49. The maximum atomic E-state index is 4.08. The Balaban J connectivity index is 1.70. The van der Waals surface area contributed by atoms with Gasteiger partial charge >= 0.3 is 0 Å². The van der Waals surface area contributed by atoms with Gasteiger partial charge in [0.1, 0.15) is 0 Å². The molecule has 2 aromatic heterocycles. The third-order valence-electron chi connectivity index (χ3n) is 3.44. The molecule has 0 radical (unpaired) electrons. The minimum atomic E-state index is 0.623. The molecule has 2 aromatic rings. The van der Waals surface area contributed by atoms with E-state index in [1.807, 2.05) is 30.1 Å². The van der Waals surface area contributed by atoms with Gasteiger partial charge in [-0.05, 0) is 13.0 Å². The molecular weight excluding hydrogens is 244 g/mol. The SMILES string of the molecule is C[C@@H]1CNCCN1Cc1cc(-n2ccnc2)cs1. The highest BCUT2D eigenvalue weighted by Crippen LogP contribution is 2.21. The van der Waals surface area contributed by atoms with Crippen molar-refractivity contribution in [2.75, 3.05) is 19.6 Å². The molecule has 5 heteroatoms. The van der Waals surface area contributed by atoms with Crippen molar-refractivity contribution in [3.8, 4) is 5.69 Å². The first-order chi connectivity index (χ1) is 8.83. The summed E-state index contributed by atoms with van der Waals surface area (Å²) in [6, 6.07) is 2.89. The number of nitrogens with one attached hydrogen (secondary N) is 1. The zero-order valence-electron chi connectivity index (χ0n) is 10.5. The molecule has 1 fully saturated rings. The highest BCUT2D eigenvalue weighted by atomic mass is 32.1. The van der Waals surface area contributed by atoms with Gasteiger partial charge in [-0.15, -0.1) is 11.3 Å². The van der Waals surface area contributed by atoms with Gasteiger partial charge in [-0.2, -0.15) is 0 Å². The van der Waals surface area contributed by atoms with Crippen LogP contribution in [0.1, 0.15) is 11.8 Å². The zero-order chi connectivity index (χ0) is 12.4. The average molecular weight is 262 g/mol. The first kappa shape index (κ1) is 11.9. The predicted molar refractivity (Wildman–Crippen MR) is 74.2 cm³/mol. The average Bonchev–Trinajstić information content (AvgIpc) is 3.02. The Morgan fingerprint density at radius 1 is 1.56 bits per heavy atom. The largest absolute Gasteiger partial charge is 0.314 e. The van der Waals surface area contributed by atoms with Crippen LogP contribution in [0.25, 0.3) is 5.69 Å². The van der Waals surface area contributed by atoms with E-state index in [9.17, 15) is 0 Å². The summed E-state index contributed by atoms with van der Waals surface area (Å²) in [4.78, 5) is 8.05. The van der Waals surface area contributed by atoms with E-state index in [1.54, 1.807) is 0 Å². The van der Waals surface area contributed by atoms with Crippen LogP contribution in [0.4, 0.5) is 0 Å². The van der Waals surface area contributed by atoms with Crippen LogP contribution in [0.2, 0.25) is 0 Å². The molecule has 0 unspecified atom stereocenters. The first-order valence-corrected chi connectivity index (χ1v) is 7.21. The quantitative estimate of drug-likeness (QED) is 0.914. The Labute approximate surface area is 111 Å². The van der Waals surface area contributed by atoms with Crippen molar-refractivity contribution in [3.63, 3.8) is 0 Å². The second-order valence-corrected chi connectivity index (χ2v) is 5.76. The summed E-state index contributed by atoms with van der Waals surface area (Å²) in [6.45, 7) is 6.68. The predicted octanol–water partition coefficient (Wildman–Crippen LogP) is 1.73. The van der Waals surface area contributed by atoms with E-state index in [-0.39, 0.29) is 0 Å². The second kappa shape index (κ2) is 5.22. The lowest BCUT2D eigenvalue weighted by atomic mass is 10.2. The van der Waals surface area contributed by atoms with E-state index in [1.165, 1.54) is 10.6 Å². The summed E-state index contributed by atoms with van der Waals surface area (Å²) in [5.74, 6) is 0. The number of nitrogens with zero attached hydrogens (tertiary/aromatic N) is 3. The van der Waals surface area contributed by atoms with Crippen molar-refractivity contribution in [3.05, 3.63) is 35.0 Å². The van der Waals surface area contributed by atoms with E-state index in [0.29, 0.717) is 6.04 Å². The van der Waals surface area contributed by atoms with E-state index in [4.69, 9.17) is 0 Å². The highest BCUT2D eigenvalue weighted by Gasteiger charge is 2.18. The normalized spacial score (nSPS) is 21.3. The van der Waals surface area contributed by atoms with Gasteiger partial charge in [0.2, 0.25) is 0 Å².